The van der Waals surface area contributed by atoms with Crippen LogP contribution in [0, 0.1) is 0 Å². The van der Waals surface area contributed by atoms with Crippen LogP contribution in [-0.2, 0) is 10.0 Å². The van der Waals surface area contributed by atoms with E-state index in [0.29, 0.717) is 0 Å². The highest BCUT2D eigenvalue weighted by atomic mass is 35.5. The van der Waals surface area contributed by atoms with Gasteiger partial charge in [0.25, 0.3) is 0 Å². The van der Waals surface area contributed by atoms with Crippen LogP contribution in [0.5, 0.6) is 5.75 Å². The number of nitrogens with one attached hydrogen (secondary N) is 1. The van der Waals surface area contributed by atoms with Crippen LogP contribution in [0.3, 0.4) is 0 Å². The predicted molar refractivity (Wildman–Crippen MR) is 66.2 cm³/mol. The maximum absolute atomic E-state index is 12.0. The highest BCUT2D eigenvalue weighted by Crippen LogP contribution is 2.29. The largest absolute Gasteiger partial charge is 0.433 e. The van der Waals surface area contributed by atoms with Crippen molar-refractivity contribution in [2.45, 2.75) is 6.61 Å². The molecule has 102 valence electrons. The molecule has 9 heteroatoms. The minimum Gasteiger partial charge on any atom is -0.433 e. The van der Waals surface area contributed by atoms with E-state index in [1.807, 2.05) is 0 Å². The highest BCUT2D eigenvalue weighted by Gasteiger charge is 2.12. The van der Waals surface area contributed by atoms with Gasteiger partial charge in [-0.15, -0.1) is 11.6 Å². The van der Waals surface area contributed by atoms with Gasteiger partial charge in [0.15, 0.2) is 0 Å². The minimum absolute atomic E-state index is 0.0599. The molecule has 1 rings (SSSR count). The maximum atomic E-state index is 12.0. The van der Waals surface area contributed by atoms with Crippen molar-refractivity contribution in [1.82, 2.24) is 0 Å². The molecule has 0 aromatic heterocycles. The number of hydrogen-bond donors (Lipinski definition) is 1. The first-order chi connectivity index (χ1) is 8.34. The summed E-state index contributed by atoms with van der Waals surface area (Å²) in [6, 6.07) is 3.58. The number of sulfonamides is 1. The average molecular weight is 320 g/mol. The maximum Gasteiger partial charge on any atom is 0.387 e. The van der Waals surface area contributed by atoms with Gasteiger partial charge in [0, 0.05) is 5.88 Å². The molecule has 1 N–H and O–H groups in total. The van der Waals surface area contributed by atoms with Crippen molar-refractivity contribution in [2.24, 2.45) is 0 Å². The first kappa shape index (κ1) is 15.3. The molecule has 0 unspecified atom stereocenters. The molecule has 4 nitrogen and oxygen atoms in total. The number of anilines is 1. The molecule has 0 atom stereocenters. The monoisotopic (exact) mass is 319 g/mol. The van der Waals surface area contributed by atoms with Crippen molar-refractivity contribution in [2.75, 3.05) is 16.4 Å². The summed E-state index contributed by atoms with van der Waals surface area (Å²) in [5.74, 6) is -0.552. The third kappa shape index (κ3) is 4.83. The van der Waals surface area contributed by atoms with Crippen LogP contribution in [-0.4, -0.2) is 26.7 Å². The molecule has 0 aliphatic carbocycles. The van der Waals surface area contributed by atoms with Gasteiger partial charge >= 0.3 is 6.61 Å². The molecule has 0 fully saturated rings. The van der Waals surface area contributed by atoms with Gasteiger partial charge in [-0.05, 0) is 18.2 Å². The van der Waals surface area contributed by atoms with E-state index in [1.165, 1.54) is 12.1 Å². The second-order valence-corrected chi connectivity index (χ2v) is 5.76. The summed E-state index contributed by atoms with van der Waals surface area (Å²) in [5, 5.41) is -0.124. The number of rotatable bonds is 6. The standard InChI is InChI=1S/C9H9Cl2F2NO3S/c10-3-4-18(15,16)14-6-1-2-8(7(11)5-6)17-9(12)13/h1-2,5,9,14H,3-4H2. The first-order valence-electron chi connectivity index (χ1n) is 4.65. The fourth-order valence-corrected chi connectivity index (χ4v) is 2.71. The Morgan fingerprint density at radius 1 is 1.39 bits per heavy atom. The lowest BCUT2D eigenvalue weighted by atomic mass is 10.3. The van der Waals surface area contributed by atoms with Crippen LogP contribution < -0.4 is 9.46 Å². The molecule has 0 heterocycles. The summed E-state index contributed by atoms with van der Waals surface area (Å²) in [7, 11) is -3.57. The predicted octanol–water partition coefficient (Wildman–Crippen LogP) is 2.92. The quantitative estimate of drug-likeness (QED) is 0.820. The van der Waals surface area contributed by atoms with Crippen molar-refractivity contribution in [3.05, 3.63) is 23.2 Å². The number of alkyl halides is 3. The molecule has 0 aliphatic heterocycles. The van der Waals surface area contributed by atoms with E-state index in [9.17, 15) is 17.2 Å². The van der Waals surface area contributed by atoms with Crippen LogP contribution >= 0.6 is 23.2 Å². The number of halogens is 4. The molecule has 0 aliphatic rings. The van der Waals surface area contributed by atoms with Crippen molar-refractivity contribution >= 4 is 38.9 Å². The van der Waals surface area contributed by atoms with Crippen LogP contribution in [0.25, 0.3) is 0 Å². The average Bonchev–Trinajstić information content (AvgIpc) is 2.20. The van der Waals surface area contributed by atoms with E-state index in [2.05, 4.69) is 9.46 Å². The van der Waals surface area contributed by atoms with Crippen molar-refractivity contribution in [3.8, 4) is 5.75 Å². The van der Waals surface area contributed by atoms with E-state index in [4.69, 9.17) is 23.2 Å². The Morgan fingerprint density at radius 3 is 2.56 bits per heavy atom. The van der Waals surface area contributed by atoms with Gasteiger partial charge in [0.1, 0.15) is 5.75 Å². The lowest BCUT2D eigenvalue weighted by Crippen LogP contribution is -2.17. The zero-order valence-electron chi connectivity index (χ0n) is 8.87. The van der Waals surface area contributed by atoms with Crippen LogP contribution in [0.15, 0.2) is 18.2 Å². The van der Waals surface area contributed by atoms with Gasteiger partial charge in [-0.25, -0.2) is 8.42 Å². The zero-order chi connectivity index (χ0) is 13.8. The van der Waals surface area contributed by atoms with E-state index in [1.54, 1.807) is 0 Å². The number of ether oxygens (including phenoxy) is 1. The Labute approximate surface area is 113 Å². The topological polar surface area (TPSA) is 55.4 Å². The Kier molecular flexibility index (Phi) is 5.43. The minimum atomic E-state index is -3.57. The van der Waals surface area contributed by atoms with Crippen LogP contribution in [0.4, 0.5) is 14.5 Å². The number of benzene rings is 1. The molecule has 18 heavy (non-hydrogen) atoms. The Morgan fingerprint density at radius 2 is 2.06 bits per heavy atom. The molecule has 0 spiro atoms. The SMILES string of the molecule is O=S(=O)(CCCl)Nc1ccc(OC(F)F)c(Cl)c1. The molecule has 1 aromatic carbocycles. The Hall–Kier alpha value is -0.790. The molecule has 1 aromatic rings. The Balaban J connectivity index is 2.85. The third-order valence-corrected chi connectivity index (χ3v) is 3.76. The van der Waals surface area contributed by atoms with E-state index in [-0.39, 0.29) is 28.1 Å². The van der Waals surface area contributed by atoms with Gasteiger partial charge in [-0.1, -0.05) is 11.6 Å². The first-order valence-corrected chi connectivity index (χ1v) is 7.21. The summed E-state index contributed by atoms with van der Waals surface area (Å²) in [6.07, 6.45) is 0. The van der Waals surface area contributed by atoms with E-state index in [0.717, 1.165) is 6.07 Å². The molecule has 0 radical (unpaired) electrons. The third-order valence-electron chi connectivity index (χ3n) is 1.77. The lowest BCUT2D eigenvalue weighted by Gasteiger charge is -2.10. The van der Waals surface area contributed by atoms with Crippen molar-refractivity contribution in [3.63, 3.8) is 0 Å². The van der Waals surface area contributed by atoms with E-state index >= 15 is 0 Å². The molecular formula is C9H9Cl2F2NO3S. The smallest absolute Gasteiger partial charge is 0.387 e. The molecular weight excluding hydrogens is 311 g/mol. The van der Waals surface area contributed by atoms with Crippen LogP contribution in [0.1, 0.15) is 0 Å². The molecule has 0 saturated heterocycles. The zero-order valence-corrected chi connectivity index (χ0v) is 11.2. The summed E-state index contributed by atoms with van der Waals surface area (Å²) in [6.45, 7) is -3.00. The number of hydrogen-bond acceptors (Lipinski definition) is 3. The second-order valence-electron chi connectivity index (χ2n) is 3.13. The summed E-state index contributed by atoms with van der Waals surface area (Å²) >= 11 is 11.0. The van der Waals surface area contributed by atoms with Gasteiger partial charge in [-0.2, -0.15) is 8.78 Å². The van der Waals surface area contributed by atoms with Gasteiger partial charge in [0.2, 0.25) is 10.0 Å². The van der Waals surface area contributed by atoms with Crippen molar-refractivity contribution in [1.29, 1.82) is 0 Å². The fourth-order valence-electron chi connectivity index (χ4n) is 1.09. The van der Waals surface area contributed by atoms with Gasteiger partial charge < -0.3 is 4.74 Å². The molecule has 0 amide bonds. The van der Waals surface area contributed by atoms with Crippen LogP contribution in [0.2, 0.25) is 5.02 Å². The summed E-state index contributed by atoms with van der Waals surface area (Å²) in [4.78, 5) is 0. The van der Waals surface area contributed by atoms with E-state index < -0.39 is 16.6 Å². The summed E-state index contributed by atoms with van der Waals surface area (Å²) < 4.78 is 53.0. The highest BCUT2D eigenvalue weighted by molar-refractivity contribution is 7.92. The fraction of sp³-hybridized carbons (Fsp3) is 0.333. The molecule has 0 bridgehead atoms. The normalized spacial score (nSPS) is 11.6. The van der Waals surface area contributed by atoms with Gasteiger partial charge in [-0.3, -0.25) is 4.72 Å². The van der Waals surface area contributed by atoms with Gasteiger partial charge in [0.05, 0.1) is 16.5 Å². The Bertz CT molecular complexity index is 511. The lowest BCUT2D eigenvalue weighted by molar-refractivity contribution is -0.0497. The summed E-state index contributed by atoms with van der Waals surface area (Å²) in [5.41, 5.74) is 0.145. The van der Waals surface area contributed by atoms with Crippen molar-refractivity contribution < 1.29 is 21.9 Å². The second kappa shape index (κ2) is 6.40. The molecule has 0 saturated carbocycles.